The van der Waals surface area contributed by atoms with E-state index in [1.54, 1.807) is 0 Å². The number of benzene rings is 1. The van der Waals surface area contributed by atoms with Crippen LogP contribution in [0.15, 0.2) is 47.3 Å². The van der Waals surface area contributed by atoms with E-state index in [9.17, 15) is 14.7 Å². The molecule has 1 aromatic heterocycles. The van der Waals surface area contributed by atoms with Gasteiger partial charge in [0.15, 0.2) is 5.88 Å². The van der Waals surface area contributed by atoms with Gasteiger partial charge >= 0.3 is 0 Å². The van der Waals surface area contributed by atoms with Crippen LogP contribution in [0, 0.1) is 0 Å². The van der Waals surface area contributed by atoms with E-state index in [0.29, 0.717) is 0 Å². The van der Waals surface area contributed by atoms with Crippen molar-refractivity contribution in [1.82, 2.24) is 10.3 Å². The lowest BCUT2D eigenvalue weighted by Gasteiger charge is -2.13. The topological polar surface area (TPSA) is 108 Å². The number of aromatic nitrogens is 1. The third kappa shape index (κ3) is 3.46. The average molecular weight is 273 g/mol. The lowest BCUT2D eigenvalue weighted by molar-refractivity contribution is 0.0950. The third-order valence-corrected chi connectivity index (χ3v) is 2.80. The van der Waals surface area contributed by atoms with Crippen molar-refractivity contribution in [1.29, 1.82) is 0 Å². The molecule has 6 nitrogen and oxygen atoms in total. The molecule has 0 aliphatic carbocycles. The number of pyridine rings is 1. The second-order valence-electron chi connectivity index (χ2n) is 4.35. The summed E-state index contributed by atoms with van der Waals surface area (Å²) in [5, 5.41) is 11.9. The molecule has 1 heterocycles. The van der Waals surface area contributed by atoms with Crippen molar-refractivity contribution in [2.24, 2.45) is 5.73 Å². The minimum Gasteiger partial charge on any atom is -0.494 e. The number of aromatic amines is 1. The van der Waals surface area contributed by atoms with Crippen LogP contribution in [0.2, 0.25) is 0 Å². The normalized spacial score (nSPS) is 11.8. The molecule has 2 aromatic rings. The Labute approximate surface area is 115 Å². The first-order valence-corrected chi connectivity index (χ1v) is 6.08. The summed E-state index contributed by atoms with van der Waals surface area (Å²) < 4.78 is 0. The van der Waals surface area contributed by atoms with Crippen LogP contribution in [0.25, 0.3) is 0 Å². The van der Waals surface area contributed by atoms with Crippen LogP contribution in [0.4, 0.5) is 0 Å². The molecule has 0 fully saturated rings. The first-order valence-electron chi connectivity index (χ1n) is 6.08. The fourth-order valence-corrected chi connectivity index (χ4v) is 1.78. The first kappa shape index (κ1) is 13.8. The van der Waals surface area contributed by atoms with Crippen LogP contribution >= 0.6 is 0 Å². The quantitative estimate of drug-likeness (QED) is 0.650. The van der Waals surface area contributed by atoms with Crippen LogP contribution in [-0.2, 0) is 0 Å². The Bertz CT molecular complexity index is 652. The molecular weight excluding hydrogens is 258 g/mol. The van der Waals surface area contributed by atoms with Gasteiger partial charge in [0.25, 0.3) is 11.5 Å². The highest BCUT2D eigenvalue weighted by Crippen LogP contribution is 2.09. The number of hydrogen-bond donors (Lipinski definition) is 4. The molecule has 1 amide bonds. The molecule has 0 saturated carbocycles. The molecule has 1 aromatic carbocycles. The van der Waals surface area contributed by atoms with Gasteiger partial charge in [-0.2, -0.15) is 0 Å². The number of carbonyl (C=O) groups excluding carboxylic acids is 1. The lowest BCUT2D eigenvalue weighted by Crippen LogP contribution is -2.32. The van der Waals surface area contributed by atoms with Crippen molar-refractivity contribution < 1.29 is 9.90 Å². The molecule has 1 atom stereocenters. The maximum atomic E-state index is 11.9. The molecule has 2 rings (SSSR count). The molecule has 0 spiro atoms. The zero-order valence-electron chi connectivity index (χ0n) is 10.7. The van der Waals surface area contributed by atoms with E-state index in [-0.39, 0.29) is 24.0 Å². The predicted octanol–water partition coefficient (Wildman–Crippen LogP) is 0.510. The number of aromatic hydroxyl groups is 1. The van der Waals surface area contributed by atoms with Crippen LogP contribution in [0.3, 0.4) is 0 Å². The highest BCUT2D eigenvalue weighted by Gasteiger charge is 2.11. The van der Waals surface area contributed by atoms with E-state index < -0.39 is 11.5 Å². The van der Waals surface area contributed by atoms with Crippen molar-refractivity contribution in [2.45, 2.75) is 6.04 Å². The maximum Gasteiger partial charge on any atom is 0.251 e. The van der Waals surface area contributed by atoms with Crippen molar-refractivity contribution in [3.8, 4) is 5.88 Å². The first-order chi connectivity index (χ1) is 9.56. The largest absolute Gasteiger partial charge is 0.494 e. The molecule has 0 saturated heterocycles. The van der Waals surface area contributed by atoms with Gasteiger partial charge < -0.3 is 16.2 Å². The van der Waals surface area contributed by atoms with Crippen LogP contribution in [0.5, 0.6) is 5.88 Å². The number of rotatable bonds is 4. The number of amides is 1. The summed E-state index contributed by atoms with van der Waals surface area (Å²) in [4.78, 5) is 25.2. The Hall–Kier alpha value is -2.60. The van der Waals surface area contributed by atoms with Crippen LogP contribution < -0.4 is 16.6 Å². The zero-order chi connectivity index (χ0) is 14.5. The highest BCUT2D eigenvalue weighted by molar-refractivity contribution is 5.94. The molecule has 5 N–H and O–H groups in total. The van der Waals surface area contributed by atoms with Gasteiger partial charge in [0.1, 0.15) is 0 Å². The Kier molecular flexibility index (Phi) is 4.17. The van der Waals surface area contributed by atoms with Gasteiger partial charge in [-0.25, -0.2) is 0 Å². The summed E-state index contributed by atoms with van der Waals surface area (Å²) >= 11 is 0. The van der Waals surface area contributed by atoms with E-state index in [1.807, 2.05) is 30.3 Å². The summed E-state index contributed by atoms with van der Waals surface area (Å²) in [6, 6.07) is 11.3. The summed E-state index contributed by atoms with van der Waals surface area (Å²) in [6.07, 6.45) is 0. The second kappa shape index (κ2) is 6.03. The van der Waals surface area contributed by atoms with Gasteiger partial charge in [-0.05, 0) is 5.56 Å². The van der Waals surface area contributed by atoms with Crippen LogP contribution in [-0.4, -0.2) is 22.5 Å². The van der Waals surface area contributed by atoms with Gasteiger partial charge in [0.05, 0.1) is 5.56 Å². The van der Waals surface area contributed by atoms with E-state index >= 15 is 0 Å². The second-order valence-corrected chi connectivity index (χ2v) is 4.35. The molecule has 0 bridgehead atoms. The van der Waals surface area contributed by atoms with E-state index in [0.717, 1.165) is 11.6 Å². The van der Waals surface area contributed by atoms with E-state index in [4.69, 9.17) is 5.73 Å². The number of carbonyl (C=O) groups is 1. The number of H-pyrrole nitrogens is 1. The minimum atomic E-state index is -0.539. The van der Waals surface area contributed by atoms with Gasteiger partial charge in [0, 0.05) is 24.7 Å². The predicted molar refractivity (Wildman–Crippen MR) is 74.4 cm³/mol. The molecule has 6 heteroatoms. The van der Waals surface area contributed by atoms with E-state index in [1.165, 1.54) is 6.07 Å². The van der Waals surface area contributed by atoms with Gasteiger partial charge in [-0.15, -0.1) is 0 Å². The number of nitrogens with one attached hydrogen (secondary N) is 2. The maximum absolute atomic E-state index is 11.9. The molecule has 20 heavy (non-hydrogen) atoms. The highest BCUT2D eigenvalue weighted by atomic mass is 16.3. The Morgan fingerprint density at radius 3 is 2.65 bits per heavy atom. The molecule has 0 aliphatic heterocycles. The van der Waals surface area contributed by atoms with Crippen molar-refractivity contribution in [3.63, 3.8) is 0 Å². The molecular formula is C14H15N3O3. The van der Waals surface area contributed by atoms with E-state index in [2.05, 4.69) is 10.3 Å². The number of nitrogens with two attached hydrogens (primary N) is 1. The SMILES string of the molecule is NC(CNC(=O)c1cc(O)[nH]c(=O)c1)c1ccccc1. The fourth-order valence-electron chi connectivity index (χ4n) is 1.78. The van der Waals surface area contributed by atoms with Gasteiger partial charge in [0.2, 0.25) is 0 Å². The summed E-state index contributed by atoms with van der Waals surface area (Å²) in [6.45, 7) is 0.233. The average Bonchev–Trinajstić information content (AvgIpc) is 2.44. The Morgan fingerprint density at radius 1 is 1.30 bits per heavy atom. The summed E-state index contributed by atoms with van der Waals surface area (Å²) in [7, 11) is 0. The third-order valence-electron chi connectivity index (χ3n) is 2.80. The van der Waals surface area contributed by atoms with Crippen LogP contribution in [0.1, 0.15) is 22.0 Å². The lowest BCUT2D eigenvalue weighted by atomic mass is 10.1. The monoisotopic (exact) mass is 273 g/mol. The van der Waals surface area contributed by atoms with Gasteiger partial charge in [-0.1, -0.05) is 30.3 Å². The van der Waals surface area contributed by atoms with Crippen molar-refractivity contribution >= 4 is 5.91 Å². The van der Waals surface area contributed by atoms with Crippen molar-refractivity contribution in [3.05, 3.63) is 63.9 Å². The molecule has 0 aliphatic rings. The Morgan fingerprint density at radius 2 is 2.00 bits per heavy atom. The zero-order valence-corrected chi connectivity index (χ0v) is 10.7. The van der Waals surface area contributed by atoms with Crippen molar-refractivity contribution in [2.75, 3.05) is 6.54 Å². The molecule has 104 valence electrons. The molecule has 1 unspecified atom stereocenters. The Balaban J connectivity index is 2.00. The minimum absolute atomic E-state index is 0.0894. The summed E-state index contributed by atoms with van der Waals surface area (Å²) in [5.74, 6) is -0.812. The fraction of sp³-hybridized carbons (Fsp3) is 0.143. The standard InChI is InChI=1S/C14H15N3O3/c15-11(9-4-2-1-3-5-9)8-16-14(20)10-6-12(18)17-13(19)7-10/h1-7,11H,8,15H2,(H,16,20)(H2,17,18,19). The molecule has 0 radical (unpaired) electrons. The number of hydrogen-bond acceptors (Lipinski definition) is 4. The smallest absolute Gasteiger partial charge is 0.251 e. The van der Waals surface area contributed by atoms with Gasteiger partial charge in [-0.3, -0.25) is 14.6 Å². The summed E-state index contributed by atoms with van der Waals surface area (Å²) in [5.41, 5.74) is 6.40.